The van der Waals surface area contributed by atoms with Gasteiger partial charge in [-0.15, -0.1) is 0 Å². The Kier molecular flexibility index (Phi) is 4.67. The van der Waals surface area contributed by atoms with Crippen LogP contribution in [0.1, 0.15) is 51.9 Å². The molecule has 0 N–H and O–H groups in total. The maximum absolute atomic E-state index is 13.1. The number of carbonyl (C=O) groups excluding carboxylic acids is 1. The van der Waals surface area contributed by atoms with Crippen LogP contribution in [0.15, 0.2) is 51.8 Å². The molecule has 0 saturated carbocycles. The van der Waals surface area contributed by atoms with Crippen molar-refractivity contribution in [3.05, 3.63) is 81.2 Å². The molecule has 1 amide bonds. The summed E-state index contributed by atoms with van der Waals surface area (Å²) in [5, 5.41) is 0. The van der Waals surface area contributed by atoms with E-state index in [0.29, 0.717) is 36.8 Å². The lowest BCUT2D eigenvalue weighted by atomic mass is 10.1. The normalized spacial score (nSPS) is 17.9. The zero-order valence-corrected chi connectivity index (χ0v) is 16.6. The molecule has 30 heavy (non-hydrogen) atoms. The highest BCUT2D eigenvalue weighted by molar-refractivity contribution is 5.95. The SMILES string of the molecule is Cc1cc(C2CCCO2)oc(=O)c1C(=O)N1Cc2cnc(-c3ccccc3)nc2C1. The van der Waals surface area contributed by atoms with Crippen LogP contribution in [0.3, 0.4) is 0 Å². The lowest BCUT2D eigenvalue weighted by Gasteiger charge is -2.16. The number of carbonyl (C=O) groups is 1. The molecule has 4 heterocycles. The van der Waals surface area contributed by atoms with E-state index in [-0.39, 0.29) is 17.6 Å². The highest BCUT2D eigenvalue weighted by Gasteiger charge is 2.30. The molecular formula is C23H21N3O4. The van der Waals surface area contributed by atoms with Crippen LogP contribution in [0.4, 0.5) is 0 Å². The van der Waals surface area contributed by atoms with E-state index in [1.807, 2.05) is 30.3 Å². The predicted molar refractivity (Wildman–Crippen MR) is 109 cm³/mol. The Morgan fingerprint density at radius 2 is 2.03 bits per heavy atom. The van der Waals surface area contributed by atoms with E-state index in [9.17, 15) is 9.59 Å². The third-order valence-corrected chi connectivity index (χ3v) is 5.60. The number of rotatable bonds is 3. The summed E-state index contributed by atoms with van der Waals surface area (Å²) >= 11 is 0. The maximum atomic E-state index is 13.1. The van der Waals surface area contributed by atoms with Crippen LogP contribution >= 0.6 is 0 Å². The van der Waals surface area contributed by atoms with Gasteiger partial charge < -0.3 is 14.1 Å². The quantitative estimate of drug-likeness (QED) is 0.666. The van der Waals surface area contributed by atoms with Gasteiger partial charge in [-0.25, -0.2) is 14.8 Å². The number of aromatic nitrogens is 2. The van der Waals surface area contributed by atoms with Gasteiger partial charge in [0.1, 0.15) is 17.4 Å². The van der Waals surface area contributed by atoms with Crippen LogP contribution in [0, 0.1) is 6.92 Å². The average Bonchev–Trinajstić information content (AvgIpc) is 3.43. The molecule has 0 bridgehead atoms. The van der Waals surface area contributed by atoms with Crippen LogP contribution in [0.5, 0.6) is 0 Å². The molecule has 0 spiro atoms. The minimum atomic E-state index is -0.613. The lowest BCUT2D eigenvalue weighted by molar-refractivity contribution is 0.0735. The van der Waals surface area contributed by atoms with Gasteiger partial charge in [0.25, 0.3) is 5.91 Å². The molecule has 1 saturated heterocycles. The minimum absolute atomic E-state index is 0.0702. The average molecular weight is 403 g/mol. The van der Waals surface area contributed by atoms with Gasteiger partial charge in [0, 0.05) is 30.5 Å². The summed E-state index contributed by atoms with van der Waals surface area (Å²) in [5.74, 6) is 0.772. The highest BCUT2D eigenvalue weighted by atomic mass is 16.5. The summed E-state index contributed by atoms with van der Waals surface area (Å²) in [7, 11) is 0. The van der Waals surface area contributed by atoms with Crippen molar-refractivity contribution in [2.75, 3.05) is 6.61 Å². The summed E-state index contributed by atoms with van der Waals surface area (Å²) in [5.41, 5.74) is 2.68. The van der Waals surface area contributed by atoms with Crippen LogP contribution in [0.2, 0.25) is 0 Å². The molecular weight excluding hydrogens is 382 g/mol. The number of fused-ring (bicyclic) bond motifs is 1. The molecule has 1 atom stereocenters. The van der Waals surface area contributed by atoms with Crippen molar-refractivity contribution in [1.82, 2.24) is 14.9 Å². The van der Waals surface area contributed by atoms with Gasteiger partial charge in [0.15, 0.2) is 5.82 Å². The monoisotopic (exact) mass is 403 g/mol. The van der Waals surface area contributed by atoms with Gasteiger partial charge in [-0.1, -0.05) is 30.3 Å². The Hall–Kier alpha value is -3.32. The number of aryl methyl sites for hydroxylation is 1. The van der Waals surface area contributed by atoms with Crippen LogP contribution in [0.25, 0.3) is 11.4 Å². The van der Waals surface area contributed by atoms with E-state index in [1.165, 1.54) is 0 Å². The first-order valence-corrected chi connectivity index (χ1v) is 10.1. The molecule has 5 rings (SSSR count). The number of amides is 1. The van der Waals surface area contributed by atoms with E-state index in [2.05, 4.69) is 9.97 Å². The first-order chi connectivity index (χ1) is 14.6. The molecule has 1 fully saturated rings. The van der Waals surface area contributed by atoms with Gasteiger partial charge in [0.05, 0.1) is 12.2 Å². The van der Waals surface area contributed by atoms with E-state index in [1.54, 1.807) is 24.1 Å². The van der Waals surface area contributed by atoms with E-state index >= 15 is 0 Å². The fourth-order valence-electron chi connectivity index (χ4n) is 4.03. The summed E-state index contributed by atoms with van der Waals surface area (Å²) in [6, 6.07) is 11.5. The molecule has 2 aliphatic rings. The lowest BCUT2D eigenvalue weighted by Crippen LogP contribution is -2.31. The molecule has 152 valence electrons. The van der Waals surface area contributed by atoms with Crippen molar-refractivity contribution in [3.8, 4) is 11.4 Å². The van der Waals surface area contributed by atoms with Crippen molar-refractivity contribution < 1.29 is 13.9 Å². The van der Waals surface area contributed by atoms with Gasteiger partial charge >= 0.3 is 5.63 Å². The second-order valence-corrected chi connectivity index (χ2v) is 7.69. The second-order valence-electron chi connectivity index (χ2n) is 7.69. The first kappa shape index (κ1) is 18.7. The van der Waals surface area contributed by atoms with Crippen LogP contribution < -0.4 is 5.63 Å². The van der Waals surface area contributed by atoms with Gasteiger partial charge in [-0.3, -0.25) is 4.79 Å². The Labute approximate surface area is 173 Å². The molecule has 7 nitrogen and oxygen atoms in total. The Morgan fingerprint density at radius 1 is 1.20 bits per heavy atom. The van der Waals surface area contributed by atoms with E-state index in [0.717, 1.165) is 29.7 Å². The zero-order valence-electron chi connectivity index (χ0n) is 16.6. The smallest absolute Gasteiger partial charge is 0.349 e. The number of benzene rings is 1. The van der Waals surface area contributed by atoms with Gasteiger partial charge in [0.2, 0.25) is 0 Å². The Morgan fingerprint density at radius 3 is 2.77 bits per heavy atom. The van der Waals surface area contributed by atoms with Crippen LogP contribution in [-0.2, 0) is 17.8 Å². The first-order valence-electron chi connectivity index (χ1n) is 10.1. The second kappa shape index (κ2) is 7.50. The molecule has 0 aliphatic carbocycles. The maximum Gasteiger partial charge on any atom is 0.349 e. The number of nitrogens with zero attached hydrogens (tertiary/aromatic N) is 3. The fourth-order valence-corrected chi connectivity index (χ4v) is 4.03. The molecule has 2 aliphatic heterocycles. The van der Waals surface area contributed by atoms with Crippen molar-refractivity contribution in [2.24, 2.45) is 0 Å². The van der Waals surface area contributed by atoms with Crippen molar-refractivity contribution in [1.29, 1.82) is 0 Å². The summed E-state index contributed by atoms with van der Waals surface area (Å²) in [4.78, 5) is 36.4. The molecule has 3 aromatic rings. The number of hydrogen-bond donors (Lipinski definition) is 0. The third-order valence-electron chi connectivity index (χ3n) is 5.60. The molecule has 0 radical (unpaired) electrons. The number of ether oxygens (including phenoxy) is 1. The third kappa shape index (κ3) is 3.31. The molecule has 7 heteroatoms. The number of hydrogen-bond acceptors (Lipinski definition) is 6. The van der Waals surface area contributed by atoms with Gasteiger partial charge in [-0.2, -0.15) is 0 Å². The Bertz CT molecular complexity index is 1170. The highest BCUT2D eigenvalue weighted by Crippen LogP contribution is 2.29. The Balaban J connectivity index is 1.40. The molecule has 1 aromatic carbocycles. The zero-order chi connectivity index (χ0) is 20.7. The van der Waals surface area contributed by atoms with Crippen molar-refractivity contribution >= 4 is 5.91 Å². The summed E-state index contributed by atoms with van der Waals surface area (Å²) in [6.07, 6.45) is 3.31. The van der Waals surface area contributed by atoms with Gasteiger partial charge in [-0.05, 0) is 31.4 Å². The fraction of sp³-hybridized carbons (Fsp3) is 0.304. The molecule has 1 unspecified atom stereocenters. The molecule has 2 aromatic heterocycles. The predicted octanol–water partition coefficient (Wildman–Crippen LogP) is 3.41. The van der Waals surface area contributed by atoms with Crippen molar-refractivity contribution in [3.63, 3.8) is 0 Å². The minimum Gasteiger partial charge on any atom is -0.424 e. The largest absolute Gasteiger partial charge is 0.424 e. The van der Waals surface area contributed by atoms with E-state index < -0.39 is 5.63 Å². The van der Waals surface area contributed by atoms with E-state index in [4.69, 9.17) is 9.15 Å². The van der Waals surface area contributed by atoms with Crippen molar-refractivity contribution in [2.45, 2.75) is 39.0 Å². The topological polar surface area (TPSA) is 85.5 Å². The summed E-state index contributed by atoms with van der Waals surface area (Å²) in [6.45, 7) is 3.13. The van der Waals surface area contributed by atoms with Crippen LogP contribution in [-0.4, -0.2) is 27.4 Å². The summed E-state index contributed by atoms with van der Waals surface area (Å²) < 4.78 is 11.0. The standard InChI is InChI=1S/C23H21N3O4/c1-14-10-19(18-8-5-9-29-18)30-23(28)20(14)22(27)26-12-16-11-24-21(25-17(16)13-26)15-6-3-2-4-7-15/h2-4,6-7,10-11,18H,5,8-9,12-13H2,1H3.